The fraction of sp³-hybridized carbons (Fsp3) is 0.286. The van der Waals surface area contributed by atoms with Gasteiger partial charge in [-0.05, 0) is 17.7 Å². The fourth-order valence-electron chi connectivity index (χ4n) is 1.46. The Hall–Kier alpha value is -2.17. The van der Waals surface area contributed by atoms with E-state index < -0.39 is 5.41 Å². The van der Waals surface area contributed by atoms with Crippen LogP contribution in [-0.4, -0.2) is 11.1 Å². The molecule has 0 atom stereocenters. The first-order valence-corrected chi connectivity index (χ1v) is 5.90. The number of carbonyl (C=O) groups is 1. The number of nitrogens with zero attached hydrogens (tertiary/aromatic N) is 1. The second-order valence-corrected chi connectivity index (χ2v) is 5.28. The van der Waals surface area contributed by atoms with Crippen molar-refractivity contribution >= 4 is 11.8 Å². The van der Waals surface area contributed by atoms with E-state index in [0.29, 0.717) is 5.56 Å². The van der Waals surface area contributed by atoms with Crippen LogP contribution in [0.1, 0.15) is 20.8 Å². The summed E-state index contributed by atoms with van der Waals surface area (Å²) in [6.07, 6.45) is 1.49. The highest BCUT2D eigenvalue weighted by Crippen LogP contribution is 2.29. The maximum absolute atomic E-state index is 12.9. The molecular weight excluding hydrogens is 247 g/mol. The molecule has 19 heavy (non-hydrogen) atoms. The fourth-order valence-corrected chi connectivity index (χ4v) is 1.46. The summed E-state index contributed by atoms with van der Waals surface area (Å²) in [6.45, 7) is 5.41. The van der Waals surface area contributed by atoms with Gasteiger partial charge in [-0.3, -0.25) is 10.1 Å². The number of aromatic nitrogens is 1. The zero-order valence-corrected chi connectivity index (χ0v) is 11.0. The minimum absolute atomic E-state index is 0.174. The minimum Gasteiger partial charge on any atom is -0.338 e. The first kappa shape index (κ1) is 13.3. The number of rotatable bonds is 2. The number of hydrogen-bond acceptors (Lipinski definition) is 3. The lowest BCUT2D eigenvalue weighted by Crippen LogP contribution is -2.27. The molecule has 1 aromatic heterocycles. The van der Waals surface area contributed by atoms with Gasteiger partial charge in [0.05, 0.1) is 11.8 Å². The summed E-state index contributed by atoms with van der Waals surface area (Å²) in [5.41, 5.74) is 0.816. The third-order valence-corrected chi connectivity index (χ3v) is 2.63. The normalized spacial score (nSPS) is 11.4. The predicted octanol–water partition coefficient (Wildman–Crippen LogP) is 3.47. The molecule has 0 aliphatic carbocycles. The Morgan fingerprint density at radius 2 is 1.89 bits per heavy atom. The van der Waals surface area contributed by atoms with Crippen LogP contribution in [0.25, 0.3) is 11.1 Å². The zero-order chi connectivity index (χ0) is 14.0. The molecule has 1 amide bonds. The van der Waals surface area contributed by atoms with Gasteiger partial charge in [0.2, 0.25) is 11.8 Å². The zero-order valence-electron chi connectivity index (χ0n) is 11.0. The smallest absolute Gasteiger partial charge is 0.239 e. The van der Waals surface area contributed by atoms with Gasteiger partial charge < -0.3 is 4.52 Å². The number of hydrogen-bond donors (Lipinski definition) is 1. The molecule has 2 rings (SSSR count). The van der Waals surface area contributed by atoms with Gasteiger partial charge in [0.15, 0.2) is 0 Å². The Bertz CT molecular complexity index is 582. The van der Waals surface area contributed by atoms with Gasteiger partial charge in [-0.2, -0.15) is 0 Å². The van der Waals surface area contributed by atoms with E-state index in [1.54, 1.807) is 32.9 Å². The monoisotopic (exact) mass is 262 g/mol. The number of benzene rings is 1. The van der Waals surface area contributed by atoms with Crippen molar-refractivity contribution < 1.29 is 13.7 Å². The van der Waals surface area contributed by atoms with Crippen LogP contribution in [0.15, 0.2) is 35.0 Å². The predicted molar refractivity (Wildman–Crippen MR) is 70.0 cm³/mol. The van der Waals surface area contributed by atoms with Gasteiger partial charge >= 0.3 is 0 Å². The van der Waals surface area contributed by atoms with Crippen molar-refractivity contribution in [3.63, 3.8) is 0 Å². The molecule has 4 nitrogen and oxygen atoms in total. The lowest BCUT2D eigenvalue weighted by atomic mass is 9.95. The second-order valence-electron chi connectivity index (χ2n) is 5.28. The number of carbonyl (C=O) groups excluding carboxylic acids is 1. The third-order valence-electron chi connectivity index (χ3n) is 2.63. The molecular formula is C14H15FN2O2. The van der Waals surface area contributed by atoms with Crippen molar-refractivity contribution in [1.82, 2.24) is 5.16 Å². The third kappa shape index (κ3) is 2.99. The Balaban J connectivity index is 2.28. The van der Waals surface area contributed by atoms with E-state index in [9.17, 15) is 9.18 Å². The van der Waals surface area contributed by atoms with Gasteiger partial charge in [0, 0.05) is 5.41 Å². The van der Waals surface area contributed by atoms with Crippen LogP contribution in [0.3, 0.4) is 0 Å². The minimum atomic E-state index is -0.535. The molecule has 0 saturated carbocycles. The molecule has 0 aliphatic heterocycles. The van der Waals surface area contributed by atoms with Crippen molar-refractivity contribution in [2.24, 2.45) is 5.41 Å². The van der Waals surface area contributed by atoms with Crippen LogP contribution >= 0.6 is 0 Å². The summed E-state index contributed by atoms with van der Waals surface area (Å²) in [7, 11) is 0. The van der Waals surface area contributed by atoms with E-state index in [1.165, 1.54) is 18.3 Å². The van der Waals surface area contributed by atoms with Crippen molar-refractivity contribution in [3.8, 4) is 11.1 Å². The van der Waals surface area contributed by atoms with E-state index in [2.05, 4.69) is 10.5 Å². The molecule has 0 spiro atoms. The van der Waals surface area contributed by atoms with Crippen molar-refractivity contribution in [2.75, 3.05) is 5.32 Å². The summed E-state index contributed by atoms with van der Waals surface area (Å²) in [5.74, 6) is -0.223. The summed E-state index contributed by atoms with van der Waals surface area (Å²) >= 11 is 0. The average molecular weight is 262 g/mol. The molecule has 0 radical (unpaired) electrons. The van der Waals surface area contributed by atoms with Crippen LogP contribution in [-0.2, 0) is 4.79 Å². The molecule has 0 bridgehead atoms. The quantitative estimate of drug-likeness (QED) is 0.901. The molecule has 0 fully saturated rings. The van der Waals surface area contributed by atoms with Gasteiger partial charge in [-0.25, -0.2) is 4.39 Å². The van der Waals surface area contributed by atoms with E-state index in [1.807, 2.05) is 0 Å². The standard InChI is InChI=1S/C14H15FN2O2/c1-14(2,3)13(18)17-12-11(8-16-19-12)9-4-6-10(15)7-5-9/h4-8H,1-3H3,(H,17,18). The maximum atomic E-state index is 12.9. The van der Waals surface area contributed by atoms with Gasteiger partial charge in [-0.1, -0.05) is 38.1 Å². The van der Waals surface area contributed by atoms with E-state index in [-0.39, 0.29) is 17.6 Å². The van der Waals surface area contributed by atoms with Crippen molar-refractivity contribution in [3.05, 3.63) is 36.3 Å². The molecule has 1 aromatic carbocycles. The van der Waals surface area contributed by atoms with E-state index in [4.69, 9.17) is 4.52 Å². The summed E-state index contributed by atoms with van der Waals surface area (Å²) in [4.78, 5) is 11.9. The first-order chi connectivity index (χ1) is 8.88. The lowest BCUT2D eigenvalue weighted by Gasteiger charge is -2.16. The average Bonchev–Trinajstić information content (AvgIpc) is 2.77. The van der Waals surface area contributed by atoms with Crippen LogP contribution in [0.5, 0.6) is 0 Å². The van der Waals surface area contributed by atoms with Crippen molar-refractivity contribution in [2.45, 2.75) is 20.8 Å². The summed E-state index contributed by atoms with van der Waals surface area (Å²) in [5, 5.41) is 6.35. The second kappa shape index (κ2) is 4.84. The number of nitrogens with one attached hydrogen (secondary N) is 1. The summed E-state index contributed by atoms with van der Waals surface area (Å²) < 4.78 is 17.9. The SMILES string of the molecule is CC(C)(C)C(=O)Nc1oncc1-c1ccc(F)cc1. The Morgan fingerprint density at radius 3 is 2.47 bits per heavy atom. The molecule has 0 aliphatic rings. The Kier molecular flexibility index (Phi) is 3.38. The molecule has 5 heteroatoms. The van der Waals surface area contributed by atoms with Crippen LogP contribution in [0.2, 0.25) is 0 Å². The summed E-state index contributed by atoms with van der Waals surface area (Å²) in [6, 6.07) is 5.90. The number of halogens is 1. The van der Waals surface area contributed by atoms with Gasteiger partial charge in [-0.15, -0.1) is 0 Å². The highest BCUT2D eigenvalue weighted by molar-refractivity contribution is 5.96. The molecule has 100 valence electrons. The maximum Gasteiger partial charge on any atom is 0.239 e. The van der Waals surface area contributed by atoms with E-state index >= 15 is 0 Å². The number of amides is 1. The first-order valence-electron chi connectivity index (χ1n) is 5.90. The van der Waals surface area contributed by atoms with Crippen LogP contribution in [0.4, 0.5) is 10.3 Å². The highest BCUT2D eigenvalue weighted by atomic mass is 19.1. The van der Waals surface area contributed by atoms with Crippen LogP contribution < -0.4 is 5.32 Å². The Morgan fingerprint density at radius 1 is 1.26 bits per heavy atom. The van der Waals surface area contributed by atoms with Gasteiger partial charge in [0.1, 0.15) is 5.82 Å². The molecule has 1 heterocycles. The topological polar surface area (TPSA) is 55.1 Å². The number of anilines is 1. The van der Waals surface area contributed by atoms with E-state index in [0.717, 1.165) is 5.56 Å². The van der Waals surface area contributed by atoms with Crippen molar-refractivity contribution in [1.29, 1.82) is 0 Å². The molecule has 0 unspecified atom stereocenters. The largest absolute Gasteiger partial charge is 0.338 e. The highest BCUT2D eigenvalue weighted by Gasteiger charge is 2.24. The van der Waals surface area contributed by atoms with Crippen LogP contribution in [0, 0.1) is 11.2 Å². The molecule has 1 N–H and O–H groups in total. The Labute approximate surface area is 110 Å². The van der Waals surface area contributed by atoms with Gasteiger partial charge in [0.25, 0.3) is 0 Å². The molecule has 2 aromatic rings. The molecule has 0 saturated heterocycles. The lowest BCUT2D eigenvalue weighted by molar-refractivity contribution is -0.123.